The van der Waals surface area contributed by atoms with E-state index in [1.54, 1.807) is 31.2 Å². The van der Waals surface area contributed by atoms with Gasteiger partial charge in [-0.05, 0) is 38.1 Å². The van der Waals surface area contributed by atoms with E-state index in [-0.39, 0.29) is 11.4 Å². The van der Waals surface area contributed by atoms with Crippen LogP contribution in [0.2, 0.25) is 0 Å². The summed E-state index contributed by atoms with van der Waals surface area (Å²) in [5.74, 6) is 0. The summed E-state index contributed by atoms with van der Waals surface area (Å²) in [4.78, 5) is 0.0718. The monoisotopic (exact) mass is 371 g/mol. The van der Waals surface area contributed by atoms with Crippen LogP contribution >= 0.6 is 0 Å². The number of aliphatic hydroxyl groups is 1. The number of aliphatic hydroxyl groups excluding tert-OH is 1. The molecule has 2 aromatic carbocycles. The maximum Gasteiger partial charge on any atom is 0.267 e. The average molecular weight is 371 g/mol. The lowest BCUT2D eigenvalue weighted by Gasteiger charge is -2.25. The predicted octanol–water partition coefficient (Wildman–Crippen LogP) is 2.76. The molecule has 0 fully saturated rings. The van der Waals surface area contributed by atoms with Crippen LogP contribution in [0.15, 0.2) is 71.9 Å². The van der Waals surface area contributed by atoms with E-state index in [1.807, 2.05) is 37.3 Å². The first kappa shape index (κ1) is 18.2. The zero-order chi connectivity index (χ0) is 18.7. The van der Waals surface area contributed by atoms with E-state index in [9.17, 15) is 13.5 Å². The average Bonchev–Trinajstić information content (AvgIpc) is 3.12. The molecule has 1 atom stereocenters. The summed E-state index contributed by atoms with van der Waals surface area (Å²) in [6, 6.07) is 16.4. The van der Waals surface area contributed by atoms with Crippen LogP contribution in [0.4, 0.5) is 5.69 Å². The van der Waals surface area contributed by atoms with Gasteiger partial charge in [0.25, 0.3) is 10.0 Å². The van der Waals surface area contributed by atoms with Crippen LogP contribution in [0, 0.1) is 6.92 Å². The summed E-state index contributed by atoms with van der Waals surface area (Å²) >= 11 is 0. The normalized spacial score (nSPS) is 12.7. The molecule has 0 aliphatic rings. The first-order valence-corrected chi connectivity index (χ1v) is 9.69. The molecule has 0 saturated heterocycles. The summed E-state index contributed by atoms with van der Waals surface area (Å²) in [6.45, 7) is 3.50. The molecule has 7 heteroatoms. The highest BCUT2D eigenvalue weighted by molar-refractivity contribution is 7.92. The molecule has 26 heavy (non-hydrogen) atoms. The van der Waals surface area contributed by atoms with E-state index in [1.165, 1.54) is 21.4 Å². The first-order valence-electron chi connectivity index (χ1n) is 8.25. The summed E-state index contributed by atoms with van der Waals surface area (Å²) < 4.78 is 29.0. The molecule has 6 nitrogen and oxygen atoms in total. The molecule has 3 aromatic rings. The lowest BCUT2D eigenvalue weighted by molar-refractivity contribution is 0.204. The van der Waals surface area contributed by atoms with Gasteiger partial charge in [-0.3, -0.25) is 4.31 Å². The maximum absolute atomic E-state index is 13.1. The summed E-state index contributed by atoms with van der Waals surface area (Å²) in [7, 11) is -3.85. The van der Waals surface area contributed by atoms with Gasteiger partial charge in [0.1, 0.15) is 4.90 Å². The Labute approximate surface area is 153 Å². The summed E-state index contributed by atoms with van der Waals surface area (Å²) in [6.07, 6.45) is 2.00. The van der Waals surface area contributed by atoms with Crippen molar-refractivity contribution in [2.24, 2.45) is 0 Å². The highest BCUT2D eigenvalue weighted by Gasteiger charge is 2.27. The first-order chi connectivity index (χ1) is 12.4. The predicted molar refractivity (Wildman–Crippen MR) is 101 cm³/mol. The third-order valence-electron chi connectivity index (χ3n) is 3.92. The molecule has 0 amide bonds. The Kier molecular flexibility index (Phi) is 5.11. The van der Waals surface area contributed by atoms with Crippen molar-refractivity contribution < 1.29 is 13.5 Å². The second kappa shape index (κ2) is 7.31. The molecule has 0 aliphatic heterocycles. The highest BCUT2D eigenvalue weighted by Crippen LogP contribution is 2.24. The molecule has 1 unspecified atom stereocenters. The van der Waals surface area contributed by atoms with Crippen molar-refractivity contribution in [1.29, 1.82) is 0 Å². The number of rotatable bonds is 6. The van der Waals surface area contributed by atoms with Gasteiger partial charge in [-0.25, -0.2) is 13.1 Å². The van der Waals surface area contributed by atoms with Crippen LogP contribution in [0.5, 0.6) is 0 Å². The SMILES string of the molecule is Cc1ccc(-n2cc(S(=O)(=O)N(CC(C)O)c3ccccc3)cn2)cc1. The van der Waals surface area contributed by atoms with Crippen molar-refractivity contribution in [2.45, 2.75) is 24.8 Å². The standard InChI is InChI=1S/C19H21N3O3S/c1-15-8-10-17(11-9-15)21-14-19(12-20-21)26(24,25)22(13-16(2)23)18-6-4-3-5-7-18/h3-12,14,16,23H,13H2,1-2H3. The molecule has 0 aliphatic carbocycles. The molecule has 136 valence electrons. The van der Waals surface area contributed by atoms with Crippen LogP contribution in [-0.2, 0) is 10.0 Å². The van der Waals surface area contributed by atoms with E-state index in [0.29, 0.717) is 5.69 Å². The van der Waals surface area contributed by atoms with Crippen molar-refractivity contribution in [1.82, 2.24) is 9.78 Å². The number of aromatic nitrogens is 2. The fraction of sp³-hybridized carbons (Fsp3) is 0.211. The van der Waals surface area contributed by atoms with Crippen LogP contribution in [0.25, 0.3) is 5.69 Å². The van der Waals surface area contributed by atoms with Crippen LogP contribution in [0.1, 0.15) is 12.5 Å². The van der Waals surface area contributed by atoms with Gasteiger partial charge in [0, 0.05) is 0 Å². The van der Waals surface area contributed by atoms with Gasteiger partial charge in [-0.2, -0.15) is 5.10 Å². The highest BCUT2D eigenvalue weighted by atomic mass is 32.2. The number of aryl methyl sites for hydroxylation is 1. The zero-order valence-electron chi connectivity index (χ0n) is 14.6. The molecular weight excluding hydrogens is 350 g/mol. The van der Waals surface area contributed by atoms with Crippen LogP contribution in [-0.4, -0.2) is 36.0 Å². The third kappa shape index (κ3) is 3.79. The summed E-state index contributed by atoms with van der Waals surface area (Å²) in [5.41, 5.74) is 2.39. The number of hydrogen-bond donors (Lipinski definition) is 1. The minimum absolute atomic E-state index is 0.0396. The van der Waals surface area contributed by atoms with Crippen LogP contribution in [0.3, 0.4) is 0 Å². The number of sulfonamides is 1. The molecule has 0 spiro atoms. The van der Waals surface area contributed by atoms with E-state index in [4.69, 9.17) is 0 Å². The Morgan fingerprint density at radius 3 is 2.38 bits per heavy atom. The Balaban J connectivity index is 1.99. The topological polar surface area (TPSA) is 75.4 Å². The van der Waals surface area contributed by atoms with Gasteiger partial charge < -0.3 is 5.11 Å². The van der Waals surface area contributed by atoms with E-state index < -0.39 is 16.1 Å². The van der Waals surface area contributed by atoms with Crippen LogP contribution < -0.4 is 4.31 Å². The molecule has 3 rings (SSSR count). The van der Waals surface area contributed by atoms with Gasteiger partial charge in [-0.15, -0.1) is 0 Å². The molecule has 1 heterocycles. The number of hydrogen-bond acceptors (Lipinski definition) is 4. The van der Waals surface area contributed by atoms with Crippen molar-refractivity contribution in [3.8, 4) is 5.69 Å². The second-order valence-corrected chi connectivity index (χ2v) is 8.04. The lowest BCUT2D eigenvalue weighted by Crippen LogP contribution is -2.36. The summed E-state index contributed by atoms with van der Waals surface area (Å²) in [5, 5.41) is 14.0. The van der Waals surface area contributed by atoms with E-state index >= 15 is 0 Å². The van der Waals surface area contributed by atoms with Crippen molar-refractivity contribution >= 4 is 15.7 Å². The Bertz CT molecular complexity index is 965. The minimum Gasteiger partial charge on any atom is -0.392 e. The van der Waals surface area contributed by atoms with E-state index in [2.05, 4.69) is 5.10 Å². The van der Waals surface area contributed by atoms with Crippen molar-refractivity contribution in [2.75, 3.05) is 10.8 Å². The molecule has 0 radical (unpaired) electrons. The second-order valence-electron chi connectivity index (χ2n) is 6.18. The van der Waals surface area contributed by atoms with Gasteiger partial charge in [-0.1, -0.05) is 35.9 Å². The number of benzene rings is 2. The quantitative estimate of drug-likeness (QED) is 0.723. The smallest absolute Gasteiger partial charge is 0.267 e. The maximum atomic E-state index is 13.1. The molecule has 1 N–H and O–H groups in total. The Morgan fingerprint density at radius 1 is 1.12 bits per heavy atom. The van der Waals surface area contributed by atoms with Crippen molar-refractivity contribution in [3.05, 3.63) is 72.6 Å². The van der Waals surface area contributed by atoms with Gasteiger partial charge >= 0.3 is 0 Å². The number of para-hydroxylation sites is 1. The Hall–Kier alpha value is -2.64. The molecular formula is C19H21N3O3S. The van der Waals surface area contributed by atoms with Gasteiger partial charge in [0.15, 0.2) is 0 Å². The fourth-order valence-electron chi connectivity index (χ4n) is 2.58. The van der Waals surface area contributed by atoms with E-state index in [0.717, 1.165) is 11.3 Å². The minimum atomic E-state index is -3.85. The third-order valence-corrected chi connectivity index (χ3v) is 5.67. The fourth-order valence-corrected chi connectivity index (χ4v) is 4.06. The van der Waals surface area contributed by atoms with Crippen molar-refractivity contribution in [3.63, 3.8) is 0 Å². The Morgan fingerprint density at radius 2 is 1.77 bits per heavy atom. The number of nitrogens with zero attached hydrogens (tertiary/aromatic N) is 3. The largest absolute Gasteiger partial charge is 0.392 e. The lowest BCUT2D eigenvalue weighted by atomic mass is 10.2. The molecule has 1 aromatic heterocycles. The zero-order valence-corrected chi connectivity index (χ0v) is 15.5. The molecule has 0 bridgehead atoms. The molecule has 0 saturated carbocycles. The van der Waals surface area contributed by atoms with Gasteiger partial charge in [0.05, 0.1) is 36.4 Å². The number of anilines is 1. The van der Waals surface area contributed by atoms with Gasteiger partial charge in [0.2, 0.25) is 0 Å².